The standard InChI is InChI=1S/C20H22ClN5O/c21-18-24-19(22-12-5-9-15-6-2-1-3-7-15)26-20(25-18)23-13-11-16-8-4-10-17(27)14-16/h1-4,6-8,10,14,27H,5,9,11-13H2,(H2,22,23,24,25,26). The van der Waals surface area contributed by atoms with Gasteiger partial charge in [-0.3, -0.25) is 0 Å². The lowest BCUT2D eigenvalue weighted by atomic mass is 10.1. The Bertz CT molecular complexity index is 860. The smallest absolute Gasteiger partial charge is 0.228 e. The van der Waals surface area contributed by atoms with E-state index in [9.17, 15) is 5.11 Å². The summed E-state index contributed by atoms with van der Waals surface area (Å²) in [6.07, 6.45) is 2.69. The highest BCUT2D eigenvalue weighted by Crippen LogP contribution is 2.13. The number of aromatic nitrogens is 3. The van der Waals surface area contributed by atoms with Crippen LogP contribution < -0.4 is 10.6 Å². The van der Waals surface area contributed by atoms with Crippen LogP contribution in [-0.4, -0.2) is 33.1 Å². The number of benzene rings is 2. The Hall–Kier alpha value is -2.86. The van der Waals surface area contributed by atoms with Gasteiger partial charge in [-0.05, 0) is 54.1 Å². The Kier molecular flexibility index (Phi) is 6.82. The van der Waals surface area contributed by atoms with Crippen molar-refractivity contribution >= 4 is 23.5 Å². The first-order valence-corrected chi connectivity index (χ1v) is 9.28. The van der Waals surface area contributed by atoms with E-state index >= 15 is 0 Å². The van der Waals surface area contributed by atoms with Gasteiger partial charge < -0.3 is 15.7 Å². The summed E-state index contributed by atoms with van der Waals surface area (Å²) >= 11 is 6.00. The van der Waals surface area contributed by atoms with Crippen LogP contribution in [0, 0.1) is 0 Å². The zero-order chi connectivity index (χ0) is 18.9. The lowest BCUT2D eigenvalue weighted by Gasteiger charge is -2.09. The number of halogens is 1. The summed E-state index contributed by atoms with van der Waals surface area (Å²) in [6, 6.07) is 17.5. The zero-order valence-corrected chi connectivity index (χ0v) is 15.7. The summed E-state index contributed by atoms with van der Waals surface area (Å²) in [6.45, 7) is 1.37. The van der Waals surface area contributed by atoms with Crippen molar-refractivity contribution in [1.82, 2.24) is 15.0 Å². The quantitative estimate of drug-likeness (QED) is 0.485. The summed E-state index contributed by atoms with van der Waals surface area (Å²) in [4.78, 5) is 12.6. The maximum absolute atomic E-state index is 9.50. The number of nitrogens with one attached hydrogen (secondary N) is 2. The summed E-state index contributed by atoms with van der Waals surface area (Å²) in [7, 11) is 0. The van der Waals surface area contributed by atoms with Gasteiger partial charge in [-0.1, -0.05) is 42.5 Å². The van der Waals surface area contributed by atoms with Gasteiger partial charge in [-0.15, -0.1) is 0 Å². The molecule has 6 nitrogen and oxygen atoms in total. The molecule has 1 aromatic heterocycles. The molecule has 0 saturated carbocycles. The van der Waals surface area contributed by atoms with Crippen LogP contribution in [0.4, 0.5) is 11.9 Å². The van der Waals surface area contributed by atoms with E-state index in [0.717, 1.165) is 31.4 Å². The number of aromatic hydroxyl groups is 1. The number of aryl methyl sites for hydroxylation is 1. The number of phenolic OH excluding ortho intramolecular Hbond substituents is 1. The molecule has 0 unspecified atom stereocenters. The molecule has 0 atom stereocenters. The van der Waals surface area contributed by atoms with Gasteiger partial charge in [0.2, 0.25) is 17.2 Å². The van der Waals surface area contributed by atoms with Crippen LogP contribution in [0.1, 0.15) is 17.5 Å². The van der Waals surface area contributed by atoms with Gasteiger partial charge in [-0.2, -0.15) is 15.0 Å². The average Bonchev–Trinajstić information content (AvgIpc) is 2.66. The molecule has 3 N–H and O–H groups in total. The van der Waals surface area contributed by atoms with Crippen molar-refractivity contribution in [2.24, 2.45) is 0 Å². The molecule has 0 fully saturated rings. The molecule has 140 valence electrons. The largest absolute Gasteiger partial charge is 0.508 e. The highest BCUT2D eigenvalue weighted by Gasteiger charge is 2.05. The predicted molar refractivity (Wildman–Crippen MR) is 108 cm³/mol. The van der Waals surface area contributed by atoms with Crippen molar-refractivity contribution in [2.45, 2.75) is 19.3 Å². The summed E-state index contributed by atoms with van der Waals surface area (Å²) in [5.74, 6) is 1.15. The first-order valence-electron chi connectivity index (χ1n) is 8.90. The Labute approximate surface area is 163 Å². The number of rotatable bonds is 9. The third-order valence-corrected chi connectivity index (χ3v) is 4.15. The van der Waals surface area contributed by atoms with E-state index in [4.69, 9.17) is 11.6 Å². The molecule has 2 aromatic carbocycles. The molecule has 0 aliphatic heterocycles. The third-order valence-electron chi connectivity index (χ3n) is 3.98. The fourth-order valence-corrected chi connectivity index (χ4v) is 2.84. The lowest BCUT2D eigenvalue weighted by Crippen LogP contribution is -2.12. The average molecular weight is 384 g/mol. The van der Waals surface area contributed by atoms with E-state index in [1.807, 2.05) is 30.3 Å². The molecular formula is C20H22ClN5O. The SMILES string of the molecule is Oc1cccc(CCNc2nc(Cl)nc(NCCCc3ccccc3)n2)c1. The summed E-state index contributed by atoms with van der Waals surface area (Å²) in [5, 5.41) is 16.0. The highest BCUT2D eigenvalue weighted by molar-refractivity contribution is 6.28. The van der Waals surface area contributed by atoms with Crippen LogP contribution in [0.25, 0.3) is 0 Å². The normalized spacial score (nSPS) is 10.6. The molecule has 1 heterocycles. The van der Waals surface area contributed by atoms with E-state index < -0.39 is 0 Å². The second-order valence-electron chi connectivity index (χ2n) is 6.11. The van der Waals surface area contributed by atoms with E-state index in [2.05, 4.69) is 37.7 Å². The van der Waals surface area contributed by atoms with Crippen molar-refractivity contribution in [1.29, 1.82) is 0 Å². The molecule has 0 radical (unpaired) electrons. The zero-order valence-electron chi connectivity index (χ0n) is 14.9. The van der Waals surface area contributed by atoms with Gasteiger partial charge in [0.25, 0.3) is 0 Å². The second kappa shape index (κ2) is 9.73. The molecule has 0 aliphatic rings. The van der Waals surface area contributed by atoms with E-state index in [-0.39, 0.29) is 11.0 Å². The Morgan fingerprint density at radius 1 is 0.778 bits per heavy atom. The number of hydrogen-bond donors (Lipinski definition) is 3. The highest BCUT2D eigenvalue weighted by atomic mass is 35.5. The van der Waals surface area contributed by atoms with Crippen LogP contribution in [-0.2, 0) is 12.8 Å². The van der Waals surface area contributed by atoms with Gasteiger partial charge in [0.05, 0.1) is 0 Å². The van der Waals surface area contributed by atoms with Crippen LogP contribution in [0.2, 0.25) is 5.28 Å². The van der Waals surface area contributed by atoms with Crippen LogP contribution in [0.5, 0.6) is 5.75 Å². The maximum atomic E-state index is 9.50. The predicted octanol–water partition coefficient (Wildman–Crippen LogP) is 3.93. The topological polar surface area (TPSA) is 83.0 Å². The van der Waals surface area contributed by atoms with Crippen molar-refractivity contribution < 1.29 is 5.11 Å². The molecule has 0 bridgehead atoms. The Morgan fingerprint density at radius 2 is 1.48 bits per heavy atom. The number of anilines is 2. The maximum Gasteiger partial charge on any atom is 0.228 e. The van der Waals surface area contributed by atoms with Gasteiger partial charge in [0, 0.05) is 13.1 Å². The fraction of sp³-hybridized carbons (Fsp3) is 0.250. The molecule has 3 aromatic rings. The van der Waals surface area contributed by atoms with Crippen molar-refractivity contribution in [3.63, 3.8) is 0 Å². The molecule has 0 aliphatic carbocycles. The molecule has 0 saturated heterocycles. The second-order valence-corrected chi connectivity index (χ2v) is 6.45. The monoisotopic (exact) mass is 383 g/mol. The van der Waals surface area contributed by atoms with Gasteiger partial charge in [-0.25, -0.2) is 0 Å². The van der Waals surface area contributed by atoms with Gasteiger partial charge in [0.1, 0.15) is 5.75 Å². The first-order chi connectivity index (χ1) is 13.2. The molecule has 7 heteroatoms. The van der Waals surface area contributed by atoms with Gasteiger partial charge in [0.15, 0.2) is 0 Å². The molecular weight excluding hydrogens is 362 g/mol. The molecule has 0 spiro atoms. The minimum atomic E-state index is 0.149. The van der Waals surface area contributed by atoms with E-state index in [1.165, 1.54) is 5.56 Å². The Balaban J connectivity index is 1.46. The van der Waals surface area contributed by atoms with Crippen molar-refractivity contribution in [3.05, 3.63) is 71.0 Å². The third kappa shape index (κ3) is 6.42. The minimum Gasteiger partial charge on any atom is -0.508 e. The van der Waals surface area contributed by atoms with Gasteiger partial charge >= 0.3 is 0 Å². The summed E-state index contributed by atoms with van der Waals surface area (Å²) < 4.78 is 0. The minimum absolute atomic E-state index is 0.149. The number of nitrogens with zero attached hydrogens (tertiary/aromatic N) is 3. The number of hydrogen-bond acceptors (Lipinski definition) is 6. The fourth-order valence-electron chi connectivity index (χ4n) is 2.68. The van der Waals surface area contributed by atoms with Crippen LogP contribution >= 0.6 is 11.6 Å². The Morgan fingerprint density at radius 3 is 2.22 bits per heavy atom. The van der Waals surface area contributed by atoms with Crippen LogP contribution in [0.3, 0.4) is 0 Å². The summed E-state index contributed by atoms with van der Waals surface area (Å²) in [5.41, 5.74) is 2.34. The molecule has 3 rings (SSSR count). The first kappa shape index (κ1) is 18.9. The number of phenols is 1. The van der Waals surface area contributed by atoms with Crippen LogP contribution in [0.15, 0.2) is 54.6 Å². The van der Waals surface area contributed by atoms with E-state index in [1.54, 1.807) is 12.1 Å². The van der Waals surface area contributed by atoms with E-state index in [0.29, 0.717) is 18.4 Å². The van der Waals surface area contributed by atoms with Crippen molar-refractivity contribution in [2.75, 3.05) is 23.7 Å². The molecule has 0 amide bonds. The molecule has 27 heavy (non-hydrogen) atoms. The van der Waals surface area contributed by atoms with Crippen molar-refractivity contribution in [3.8, 4) is 5.75 Å². The lowest BCUT2D eigenvalue weighted by molar-refractivity contribution is 0.474.